The molecule has 0 aliphatic carbocycles. The predicted octanol–water partition coefficient (Wildman–Crippen LogP) is 5.34. The number of halogens is 1. The Morgan fingerprint density at radius 3 is 2.42 bits per heavy atom. The Hall–Kier alpha value is -3.81. The van der Waals surface area contributed by atoms with Gasteiger partial charge in [-0.15, -0.1) is 10.2 Å². The van der Waals surface area contributed by atoms with Crippen LogP contribution in [0.15, 0.2) is 42.0 Å². The molecule has 9 nitrogen and oxygen atoms in total. The molecule has 2 aromatic carbocycles. The number of anilines is 1. The minimum atomic E-state index is -0.602. The Bertz CT molecular complexity index is 1270. The molecule has 0 unspecified atom stereocenters. The molecule has 0 bridgehead atoms. The third-order valence-electron chi connectivity index (χ3n) is 4.74. The summed E-state index contributed by atoms with van der Waals surface area (Å²) in [7, 11) is 3.07. The zero-order chi connectivity index (χ0) is 26.1. The number of ether oxygens (including phenoxy) is 4. The largest absolute Gasteiger partial charge is 0.497 e. The SMILES string of the molecule is COc1ccc(OCCOc2c(Cl)cc(C=C(C#N)C(=O)Nc3nnc(C(C)C)s3)cc2OC)cc1. The van der Waals surface area contributed by atoms with Crippen molar-refractivity contribution in [1.82, 2.24) is 10.2 Å². The zero-order valence-electron chi connectivity index (χ0n) is 20.2. The number of nitrogens with one attached hydrogen (secondary N) is 1. The van der Waals surface area contributed by atoms with Gasteiger partial charge in [0.25, 0.3) is 5.91 Å². The van der Waals surface area contributed by atoms with E-state index in [1.807, 2.05) is 19.9 Å². The van der Waals surface area contributed by atoms with Gasteiger partial charge in [0.05, 0.1) is 19.2 Å². The molecule has 0 saturated carbocycles. The van der Waals surface area contributed by atoms with Gasteiger partial charge in [0.1, 0.15) is 41.4 Å². The van der Waals surface area contributed by atoms with Crippen LogP contribution in [-0.2, 0) is 4.79 Å². The van der Waals surface area contributed by atoms with Crippen LogP contribution in [0.5, 0.6) is 23.0 Å². The highest BCUT2D eigenvalue weighted by Crippen LogP contribution is 2.37. The molecule has 0 aliphatic heterocycles. The fourth-order valence-corrected chi connectivity index (χ4v) is 3.95. The molecule has 0 spiro atoms. The second-order valence-corrected chi connectivity index (χ2v) is 9.05. The summed E-state index contributed by atoms with van der Waals surface area (Å²) in [4.78, 5) is 12.6. The first kappa shape index (κ1) is 26.8. The van der Waals surface area contributed by atoms with E-state index >= 15 is 0 Å². The summed E-state index contributed by atoms with van der Waals surface area (Å²) in [5.41, 5.74) is 0.362. The van der Waals surface area contributed by atoms with Crippen molar-refractivity contribution in [3.8, 4) is 29.1 Å². The fraction of sp³-hybridized carbons (Fsp3) is 0.280. The summed E-state index contributed by atoms with van der Waals surface area (Å²) in [6.07, 6.45) is 1.41. The highest BCUT2D eigenvalue weighted by atomic mass is 35.5. The zero-order valence-corrected chi connectivity index (χ0v) is 21.8. The van der Waals surface area contributed by atoms with E-state index in [9.17, 15) is 10.1 Å². The highest BCUT2D eigenvalue weighted by molar-refractivity contribution is 7.15. The van der Waals surface area contributed by atoms with Crippen LogP contribution < -0.4 is 24.3 Å². The summed E-state index contributed by atoms with van der Waals surface area (Å²) < 4.78 is 22.0. The van der Waals surface area contributed by atoms with Gasteiger partial charge in [-0.1, -0.05) is 36.8 Å². The lowest BCUT2D eigenvalue weighted by Gasteiger charge is -2.14. The predicted molar refractivity (Wildman–Crippen MR) is 138 cm³/mol. The van der Waals surface area contributed by atoms with E-state index in [4.69, 9.17) is 30.5 Å². The van der Waals surface area contributed by atoms with Gasteiger partial charge in [-0.2, -0.15) is 5.26 Å². The fourth-order valence-electron chi connectivity index (χ4n) is 2.94. The van der Waals surface area contributed by atoms with Gasteiger partial charge in [-0.3, -0.25) is 10.1 Å². The molecular weight excluding hydrogens is 504 g/mol. The smallest absolute Gasteiger partial charge is 0.268 e. The number of nitrogens with zero attached hydrogens (tertiary/aromatic N) is 3. The average Bonchev–Trinajstić information content (AvgIpc) is 3.34. The van der Waals surface area contributed by atoms with E-state index in [0.29, 0.717) is 27.9 Å². The van der Waals surface area contributed by atoms with Crippen LogP contribution in [0.3, 0.4) is 0 Å². The van der Waals surface area contributed by atoms with Crippen LogP contribution in [0.2, 0.25) is 5.02 Å². The minimum absolute atomic E-state index is 0.129. The molecule has 0 saturated heterocycles. The summed E-state index contributed by atoms with van der Waals surface area (Å²) in [5, 5.41) is 21.5. The lowest BCUT2D eigenvalue weighted by atomic mass is 10.1. The molecule has 1 heterocycles. The molecule has 1 N–H and O–H groups in total. The Labute approximate surface area is 218 Å². The molecule has 11 heteroatoms. The lowest BCUT2D eigenvalue weighted by molar-refractivity contribution is -0.112. The van der Waals surface area contributed by atoms with Crippen molar-refractivity contribution in [1.29, 1.82) is 5.26 Å². The summed E-state index contributed by atoms with van der Waals surface area (Å²) in [5.74, 6) is 1.67. The van der Waals surface area contributed by atoms with E-state index in [-0.39, 0.29) is 29.7 Å². The number of benzene rings is 2. The number of rotatable bonds is 11. The summed E-state index contributed by atoms with van der Waals surface area (Å²) >= 11 is 7.68. The van der Waals surface area contributed by atoms with Gasteiger partial charge >= 0.3 is 0 Å². The Balaban J connectivity index is 1.66. The van der Waals surface area contributed by atoms with Crippen molar-refractivity contribution in [2.24, 2.45) is 0 Å². The van der Waals surface area contributed by atoms with Gasteiger partial charge < -0.3 is 18.9 Å². The first-order valence-corrected chi connectivity index (χ1v) is 12.1. The van der Waals surface area contributed by atoms with Crippen molar-refractivity contribution in [2.45, 2.75) is 19.8 Å². The number of methoxy groups -OCH3 is 2. The van der Waals surface area contributed by atoms with E-state index < -0.39 is 5.91 Å². The molecule has 1 aromatic heterocycles. The van der Waals surface area contributed by atoms with E-state index in [0.717, 1.165) is 10.8 Å². The quantitative estimate of drug-likeness (QED) is 0.201. The number of carbonyl (C=O) groups is 1. The molecule has 0 aliphatic rings. The first-order chi connectivity index (χ1) is 17.3. The van der Waals surface area contributed by atoms with Crippen molar-refractivity contribution in [3.05, 3.63) is 57.6 Å². The number of nitriles is 1. The molecule has 0 atom stereocenters. The van der Waals surface area contributed by atoms with Crippen LogP contribution in [0.4, 0.5) is 5.13 Å². The number of carbonyl (C=O) groups excluding carboxylic acids is 1. The van der Waals surface area contributed by atoms with Crippen molar-refractivity contribution < 1.29 is 23.7 Å². The maximum Gasteiger partial charge on any atom is 0.268 e. The topological polar surface area (TPSA) is 116 Å². The number of hydrogen-bond acceptors (Lipinski definition) is 9. The number of aromatic nitrogens is 2. The van der Waals surface area contributed by atoms with Crippen LogP contribution in [0.25, 0.3) is 6.08 Å². The van der Waals surface area contributed by atoms with Crippen LogP contribution in [-0.4, -0.2) is 43.5 Å². The maximum atomic E-state index is 12.6. The Kier molecular flexibility index (Phi) is 9.50. The normalized spacial score (nSPS) is 11.1. The molecular formula is C25H25ClN4O5S. The Morgan fingerprint density at radius 1 is 1.11 bits per heavy atom. The minimum Gasteiger partial charge on any atom is -0.497 e. The third kappa shape index (κ3) is 7.10. The maximum absolute atomic E-state index is 12.6. The lowest BCUT2D eigenvalue weighted by Crippen LogP contribution is -2.13. The molecule has 1 amide bonds. The average molecular weight is 529 g/mol. The molecule has 3 aromatic rings. The monoisotopic (exact) mass is 528 g/mol. The summed E-state index contributed by atoms with van der Waals surface area (Å²) in [6, 6.07) is 12.3. The summed E-state index contributed by atoms with van der Waals surface area (Å²) in [6.45, 7) is 4.44. The van der Waals surface area contributed by atoms with Crippen LogP contribution in [0.1, 0.15) is 30.3 Å². The number of amides is 1. The van der Waals surface area contributed by atoms with Gasteiger partial charge in [0.2, 0.25) is 5.13 Å². The molecule has 0 fully saturated rings. The number of hydrogen-bond donors (Lipinski definition) is 1. The van der Waals surface area contributed by atoms with Crippen molar-refractivity contribution in [2.75, 3.05) is 32.8 Å². The second-order valence-electron chi connectivity index (χ2n) is 7.63. The van der Waals surface area contributed by atoms with E-state index in [2.05, 4.69) is 15.5 Å². The van der Waals surface area contributed by atoms with E-state index in [1.165, 1.54) is 24.5 Å². The van der Waals surface area contributed by atoms with Crippen LogP contribution in [0, 0.1) is 11.3 Å². The van der Waals surface area contributed by atoms with Crippen LogP contribution >= 0.6 is 22.9 Å². The van der Waals surface area contributed by atoms with Crippen molar-refractivity contribution >= 4 is 40.1 Å². The molecule has 188 valence electrons. The second kappa shape index (κ2) is 12.8. The van der Waals surface area contributed by atoms with Crippen molar-refractivity contribution in [3.63, 3.8) is 0 Å². The standard InChI is InChI=1S/C25H25ClN4O5S/c1-15(2)24-29-30-25(36-24)28-23(31)17(14-27)11-16-12-20(26)22(21(13-16)33-4)35-10-9-34-19-7-5-18(32-3)6-8-19/h5-8,11-13,15H,9-10H2,1-4H3,(H,28,30,31). The van der Waals surface area contributed by atoms with Gasteiger partial charge in [0, 0.05) is 5.92 Å². The first-order valence-electron chi connectivity index (χ1n) is 10.9. The van der Waals surface area contributed by atoms with E-state index in [1.54, 1.807) is 43.5 Å². The highest BCUT2D eigenvalue weighted by Gasteiger charge is 2.16. The Morgan fingerprint density at radius 2 is 1.81 bits per heavy atom. The van der Waals surface area contributed by atoms with Gasteiger partial charge in [-0.05, 0) is 48.0 Å². The van der Waals surface area contributed by atoms with Gasteiger partial charge in [0.15, 0.2) is 11.5 Å². The molecule has 36 heavy (non-hydrogen) atoms. The van der Waals surface area contributed by atoms with Gasteiger partial charge in [-0.25, -0.2) is 0 Å². The molecule has 0 radical (unpaired) electrons. The molecule has 3 rings (SSSR count). The third-order valence-corrected chi connectivity index (χ3v) is 6.16.